The van der Waals surface area contributed by atoms with Gasteiger partial charge in [-0.3, -0.25) is 9.69 Å². The van der Waals surface area contributed by atoms with Crippen molar-refractivity contribution < 1.29 is 9.53 Å². The second kappa shape index (κ2) is 5.82. The summed E-state index contributed by atoms with van der Waals surface area (Å²) in [5, 5.41) is 0. The SMILES string of the molecule is CC1CC(N2Cc3ccccc3C(c3ccccc3)C2)C(=O)O1. The molecule has 0 radical (unpaired) electrons. The van der Waals surface area contributed by atoms with Crippen LogP contribution in [-0.4, -0.2) is 29.6 Å². The van der Waals surface area contributed by atoms with E-state index in [-0.39, 0.29) is 18.1 Å². The maximum Gasteiger partial charge on any atom is 0.323 e. The second-order valence-corrected chi connectivity index (χ2v) is 6.59. The van der Waals surface area contributed by atoms with Crippen LogP contribution in [0.3, 0.4) is 0 Å². The lowest BCUT2D eigenvalue weighted by Gasteiger charge is -2.37. The minimum Gasteiger partial charge on any atom is -0.461 e. The van der Waals surface area contributed by atoms with Gasteiger partial charge in [0.1, 0.15) is 12.1 Å². The second-order valence-electron chi connectivity index (χ2n) is 6.59. The van der Waals surface area contributed by atoms with Crippen LogP contribution in [0.2, 0.25) is 0 Å². The molecule has 2 aliphatic rings. The van der Waals surface area contributed by atoms with E-state index in [1.165, 1.54) is 16.7 Å². The average molecular weight is 307 g/mol. The first-order valence-corrected chi connectivity index (χ1v) is 8.29. The molecule has 2 aromatic carbocycles. The Kier molecular flexibility index (Phi) is 3.66. The fraction of sp³-hybridized carbons (Fsp3) is 0.350. The first kappa shape index (κ1) is 14.5. The molecule has 1 fully saturated rings. The Labute approximate surface area is 136 Å². The number of carbonyl (C=O) groups excluding carboxylic acids is 1. The number of cyclic esters (lactones) is 1. The third kappa shape index (κ3) is 2.66. The van der Waals surface area contributed by atoms with E-state index in [1.807, 2.05) is 13.0 Å². The quantitative estimate of drug-likeness (QED) is 0.797. The topological polar surface area (TPSA) is 29.5 Å². The molecule has 1 saturated heterocycles. The molecule has 0 bridgehead atoms. The van der Waals surface area contributed by atoms with Gasteiger partial charge in [0.25, 0.3) is 0 Å². The van der Waals surface area contributed by atoms with E-state index in [4.69, 9.17) is 4.74 Å². The molecule has 0 aliphatic carbocycles. The summed E-state index contributed by atoms with van der Waals surface area (Å²) in [6.07, 6.45) is 0.822. The van der Waals surface area contributed by atoms with Crippen LogP contribution in [0.25, 0.3) is 0 Å². The van der Waals surface area contributed by atoms with Gasteiger partial charge >= 0.3 is 5.97 Å². The van der Waals surface area contributed by atoms with Gasteiger partial charge in [0.2, 0.25) is 0 Å². The van der Waals surface area contributed by atoms with Gasteiger partial charge in [0, 0.05) is 25.4 Å². The molecule has 3 heteroatoms. The summed E-state index contributed by atoms with van der Waals surface area (Å²) in [6.45, 7) is 3.67. The van der Waals surface area contributed by atoms with Crippen LogP contribution >= 0.6 is 0 Å². The van der Waals surface area contributed by atoms with Gasteiger partial charge in [0.15, 0.2) is 0 Å². The maximum absolute atomic E-state index is 12.2. The fourth-order valence-corrected chi connectivity index (χ4v) is 3.88. The summed E-state index contributed by atoms with van der Waals surface area (Å²) < 4.78 is 5.38. The van der Waals surface area contributed by atoms with Crippen LogP contribution in [-0.2, 0) is 16.1 Å². The standard InChI is InChI=1S/C20H21NO2/c1-14-11-19(20(22)23-14)21-12-16-9-5-6-10-17(16)18(13-21)15-7-3-2-4-8-15/h2-10,14,18-19H,11-13H2,1H3. The number of esters is 1. The van der Waals surface area contributed by atoms with Crippen molar-refractivity contribution in [3.63, 3.8) is 0 Å². The van der Waals surface area contributed by atoms with Crippen LogP contribution in [0.1, 0.15) is 36.0 Å². The Bertz CT molecular complexity index is 713. The van der Waals surface area contributed by atoms with Crippen molar-refractivity contribution >= 4 is 5.97 Å². The smallest absolute Gasteiger partial charge is 0.323 e. The molecule has 3 atom stereocenters. The molecule has 0 amide bonds. The number of hydrogen-bond acceptors (Lipinski definition) is 3. The van der Waals surface area contributed by atoms with Gasteiger partial charge in [-0.1, -0.05) is 54.6 Å². The zero-order valence-corrected chi connectivity index (χ0v) is 13.3. The predicted octanol–water partition coefficient (Wildman–Crippen LogP) is 3.34. The molecular weight excluding hydrogens is 286 g/mol. The van der Waals surface area contributed by atoms with E-state index in [0.29, 0.717) is 5.92 Å². The summed E-state index contributed by atoms with van der Waals surface area (Å²) in [6, 6.07) is 19.1. The van der Waals surface area contributed by atoms with Crippen molar-refractivity contribution in [2.24, 2.45) is 0 Å². The number of benzene rings is 2. The van der Waals surface area contributed by atoms with E-state index >= 15 is 0 Å². The number of hydrogen-bond donors (Lipinski definition) is 0. The van der Waals surface area contributed by atoms with Crippen molar-refractivity contribution in [3.05, 3.63) is 71.3 Å². The van der Waals surface area contributed by atoms with Crippen molar-refractivity contribution in [2.75, 3.05) is 6.54 Å². The molecule has 0 spiro atoms. The van der Waals surface area contributed by atoms with E-state index < -0.39 is 0 Å². The molecule has 118 valence electrons. The van der Waals surface area contributed by atoms with E-state index in [2.05, 4.69) is 53.4 Å². The van der Waals surface area contributed by atoms with Crippen molar-refractivity contribution in [1.29, 1.82) is 0 Å². The Balaban J connectivity index is 1.70. The highest BCUT2D eigenvalue weighted by molar-refractivity contribution is 5.78. The van der Waals surface area contributed by atoms with Crippen molar-refractivity contribution in [1.82, 2.24) is 4.90 Å². The lowest BCUT2D eigenvalue weighted by molar-refractivity contribution is -0.145. The van der Waals surface area contributed by atoms with Gasteiger partial charge in [-0.2, -0.15) is 0 Å². The zero-order chi connectivity index (χ0) is 15.8. The van der Waals surface area contributed by atoms with Crippen molar-refractivity contribution in [2.45, 2.75) is 38.0 Å². The summed E-state index contributed by atoms with van der Waals surface area (Å²) in [5.74, 6) is 0.244. The molecule has 0 saturated carbocycles. The molecule has 3 unspecified atom stereocenters. The maximum atomic E-state index is 12.2. The lowest BCUT2D eigenvalue weighted by Crippen LogP contribution is -2.43. The molecular formula is C20H21NO2. The van der Waals surface area contributed by atoms with Gasteiger partial charge in [-0.25, -0.2) is 0 Å². The molecule has 3 nitrogen and oxygen atoms in total. The highest BCUT2D eigenvalue weighted by Crippen LogP contribution is 2.36. The lowest BCUT2D eigenvalue weighted by atomic mass is 9.84. The van der Waals surface area contributed by atoms with Gasteiger partial charge in [-0.05, 0) is 23.6 Å². The summed E-state index contributed by atoms with van der Waals surface area (Å²) in [5.41, 5.74) is 4.01. The third-order valence-corrected chi connectivity index (χ3v) is 5.01. The highest BCUT2D eigenvalue weighted by Gasteiger charge is 2.39. The first-order chi connectivity index (χ1) is 11.2. The normalized spacial score (nSPS) is 27.5. The monoisotopic (exact) mass is 307 g/mol. The van der Waals surface area contributed by atoms with E-state index in [1.54, 1.807) is 0 Å². The summed E-state index contributed by atoms with van der Waals surface area (Å²) in [7, 11) is 0. The van der Waals surface area contributed by atoms with E-state index in [0.717, 1.165) is 19.5 Å². The molecule has 23 heavy (non-hydrogen) atoms. The minimum atomic E-state index is -0.107. The predicted molar refractivity (Wildman–Crippen MR) is 89.1 cm³/mol. The Morgan fingerprint density at radius 1 is 1.04 bits per heavy atom. The van der Waals surface area contributed by atoms with Crippen LogP contribution in [0.5, 0.6) is 0 Å². The molecule has 4 rings (SSSR count). The summed E-state index contributed by atoms with van der Waals surface area (Å²) >= 11 is 0. The Hall–Kier alpha value is -2.13. The molecule has 2 heterocycles. The molecule has 0 N–H and O–H groups in total. The van der Waals surface area contributed by atoms with Crippen LogP contribution in [0, 0.1) is 0 Å². The van der Waals surface area contributed by atoms with Gasteiger partial charge in [-0.15, -0.1) is 0 Å². The first-order valence-electron chi connectivity index (χ1n) is 8.29. The number of fused-ring (bicyclic) bond motifs is 1. The number of ether oxygens (including phenoxy) is 1. The highest BCUT2D eigenvalue weighted by atomic mass is 16.6. The number of carbonyl (C=O) groups is 1. The van der Waals surface area contributed by atoms with E-state index in [9.17, 15) is 4.79 Å². The number of rotatable bonds is 2. The molecule has 0 aromatic heterocycles. The minimum absolute atomic E-state index is 0.0276. The van der Waals surface area contributed by atoms with Gasteiger partial charge in [0.05, 0.1) is 0 Å². The average Bonchev–Trinajstić information content (AvgIpc) is 2.93. The molecule has 2 aliphatic heterocycles. The Morgan fingerprint density at radius 3 is 2.52 bits per heavy atom. The van der Waals surface area contributed by atoms with Crippen LogP contribution in [0.15, 0.2) is 54.6 Å². The number of nitrogens with zero attached hydrogens (tertiary/aromatic N) is 1. The largest absolute Gasteiger partial charge is 0.461 e. The van der Waals surface area contributed by atoms with Crippen molar-refractivity contribution in [3.8, 4) is 0 Å². The summed E-state index contributed by atoms with van der Waals surface area (Å²) in [4.78, 5) is 14.5. The Morgan fingerprint density at radius 2 is 1.78 bits per heavy atom. The van der Waals surface area contributed by atoms with Gasteiger partial charge < -0.3 is 4.74 Å². The fourth-order valence-electron chi connectivity index (χ4n) is 3.88. The third-order valence-electron chi connectivity index (χ3n) is 5.01. The molecule has 2 aromatic rings. The zero-order valence-electron chi connectivity index (χ0n) is 13.3. The van der Waals surface area contributed by atoms with Crippen LogP contribution in [0.4, 0.5) is 0 Å². The van der Waals surface area contributed by atoms with Crippen LogP contribution < -0.4 is 0 Å².